The van der Waals surface area contributed by atoms with Gasteiger partial charge in [0.1, 0.15) is 0 Å². The molecule has 1 unspecified atom stereocenters. The second kappa shape index (κ2) is 8.27. The van der Waals surface area contributed by atoms with Gasteiger partial charge >= 0.3 is 6.03 Å². The number of likely N-dealkylation sites (tertiary alicyclic amines) is 1. The van der Waals surface area contributed by atoms with Crippen molar-refractivity contribution in [1.29, 1.82) is 0 Å². The standard InChI is InChI=1S/C10H20N4O2.ClH/c1-11-8-3-5-14(7-8)6-4-9(15)13-10(16)12-2;/h8,11H,3-7H2,1-2H3,(H2,12,13,15,16);1H. The summed E-state index contributed by atoms with van der Waals surface area (Å²) in [5.74, 6) is -0.229. The molecule has 0 radical (unpaired) electrons. The molecule has 3 amide bonds. The number of urea groups is 1. The average Bonchev–Trinajstić information content (AvgIpc) is 2.74. The van der Waals surface area contributed by atoms with Gasteiger partial charge in [-0.15, -0.1) is 12.4 Å². The van der Waals surface area contributed by atoms with E-state index < -0.39 is 6.03 Å². The lowest BCUT2D eigenvalue weighted by molar-refractivity contribution is -0.120. The number of carbonyl (C=O) groups is 2. The molecule has 1 rings (SSSR count). The van der Waals surface area contributed by atoms with Crippen LogP contribution in [0.25, 0.3) is 0 Å². The van der Waals surface area contributed by atoms with Gasteiger partial charge in [-0.2, -0.15) is 0 Å². The Labute approximate surface area is 108 Å². The number of likely N-dealkylation sites (N-methyl/N-ethyl adjacent to an activating group) is 1. The van der Waals surface area contributed by atoms with E-state index in [1.807, 2.05) is 7.05 Å². The SMILES string of the molecule is CNC(=O)NC(=O)CCN1CCC(NC)C1.Cl. The van der Waals surface area contributed by atoms with Crippen LogP contribution in [0.5, 0.6) is 0 Å². The molecule has 1 atom stereocenters. The molecule has 1 fully saturated rings. The van der Waals surface area contributed by atoms with E-state index >= 15 is 0 Å². The highest BCUT2D eigenvalue weighted by molar-refractivity contribution is 5.94. The minimum Gasteiger partial charge on any atom is -0.341 e. The van der Waals surface area contributed by atoms with Crippen LogP contribution in [0.4, 0.5) is 4.79 Å². The molecule has 0 bridgehead atoms. The van der Waals surface area contributed by atoms with Gasteiger partial charge in [0.15, 0.2) is 0 Å². The summed E-state index contributed by atoms with van der Waals surface area (Å²) < 4.78 is 0. The highest BCUT2D eigenvalue weighted by Crippen LogP contribution is 2.08. The fourth-order valence-electron chi connectivity index (χ4n) is 1.78. The lowest BCUT2D eigenvalue weighted by Crippen LogP contribution is -2.39. The van der Waals surface area contributed by atoms with E-state index in [9.17, 15) is 9.59 Å². The summed E-state index contributed by atoms with van der Waals surface area (Å²) in [5, 5.41) is 7.81. The number of rotatable bonds is 4. The van der Waals surface area contributed by atoms with Crippen LogP contribution in [-0.2, 0) is 4.79 Å². The Balaban J connectivity index is 0.00000256. The van der Waals surface area contributed by atoms with Gasteiger partial charge in [0, 0.05) is 32.6 Å². The number of hydrogen-bond acceptors (Lipinski definition) is 4. The monoisotopic (exact) mass is 264 g/mol. The number of hydrogen-bond donors (Lipinski definition) is 3. The third-order valence-electron chi connectivity index (χ3n) is 2.82. The predicted molar refractivity (Wildman–Crippen MR) is 68.4 cm³/mol. The van der Waals surface area contributed by atoms with Crippen LogP contribution >= 0.6 is 12.4 Å². The number of halogens is 1. The van der Waals surface area contributed by atoms with Crippen molar-refractivity contribution in [2.45, 2.75) is 18.9 Å². The quantitative estimate of drug-likeness (QED) is 0.643. The smallest absolute Gasteiger partial charge is 0.321 e. The van der Waals surface area contributed by atoms with Gasteiger partial charge in [-0.1, -0.05) is 0 Å². The molecule has 0 aromatic heterocycles. The molecule has 1 aliphatic heterocycles. The third-order valence-corrected chi connectivity index (χ3v) is 2.82. The van der Waals surface area contributed by atoms with E-state index in [1.54, 1.807) is 0 Å². The van der Waals surface area contributed by atoms with Crippen LogP contribution in [0.1, 0.15) is 12.8 Å². The minimum atomic E-state index is -0.445. The normalized spacial score (nSPS) is 19.5. The molecule has 3 N–H and O–H groups in total. The van der Waals surface area contributed by atoms with Crippen molar-refractivity contribution < 1.29 is 9.59 Å². The van der Waals surface area contributed by atoms with Crippen molar-refractivity contribution in [3.8, 4) is 0 Å². The summed E-state index contributed by atoms with van der Waals surface area (Å²) in [6.07, 6.45) is 1.48. The van der Waals surface area contributed by atoms with Crippen molar-refractivity contribution in [2.75, 3.05) is 33.7 Å². The van der Waals surface area contributed by atoms with Gasteiger partial charge in [0.05, 0.1) is 0 Å². The van der Waals surface area contributed by atoms with Crippen molar-refractivity contribution in [3.63, 3.8) is 0 Å². The molecule has 0 spiro atoms. The molecule has 0 aromatic rings. The van der Waals surface area contributed by atoms with E-state index in [4.69, 9.17) is 0 Å². The van der Waals surface area contributed by atoms with E-state index in [0.717, 1.165) is 19.5 Å². The molecule has 100 valence electrons. The zero-order valence-corrected chi connectivity index (χ0v) is 11.1. The van der Waals surface area contributed by atoms with E-state index in [-0.39, 0.29) is 18.3 Å². The molecule has 0 aromatic carbocycles. The highest BCUT2D eigenvalue weighted by atomic mass is 35.5. The van der Waals surface area contributed by atoms with Crippen LogP contribution in [0.15, 0.2) is 0 Å². The largest absolute Gasteiger partial charge is 0.341 e. The van der Waals surface area contributed by atoms with Gasteiger partial charge in [0.2, 0.25) is 5.91 Å². The lowest BCUT2D eigenvalue weighted by Gasteiger charge is -2.15. The molecule has 17 heavy (non-hydrogen) atoms. The fraction of sp³-hybridized carbons (Fsp3) is 0.800. The number of carbonyl (C=O) groups excluding carboxylic acids is 2. The Hall–Kier alpha value is -0.850. The van der Waals surface area contributed by atoms with E-state index in [0.29, 0.717) is 19.0 Å². The molecule has 6 nitrogen and oxygen atoms in total. The van der Waals surface area contributed by atoms with Crippen LogP contribution in [0, 0.1) is 0 Å². The first kappa shape index (κ1) is 16.1. The zero-order chi connectivity index (χ0) is 12.0. The van der Waals surface area contributed by atoms with Crippen molar-refractivity contribution in [2.24, 2.45) is 0 Å². The first-order valence-corrected chi connectivity index (χ1v) is 5.57. The first-order chi connectivity index (χ1) is 7.65. The third kappa shape index (κ3) is 5.86. The van der Waals surface area contributed by atoms with Crippen molar-refractivity contribution >= 4 is 24.3 Å². The first-order valence-electron chi connectivity index (χ1n) is 5.57. The van der Waals surface area contributed by atoms with E-state index in [2.05, 4.69) is 20.9 Å². The zero-order valence-electron chi connectivity index (χ0n) is 10.3. The summed E-state index contributed by atoms with van der Waals surface area (Å²) >= 11 is 0. The van der Waals surface area contributed by atoms with Crippen LogP contribution in [0.2, 0.25) is 0 Å². The number of imide groups is 1. The Kier molecular flexibility index (Phi) is 7.86. The Bertz CT molecular complexity index is 263. The van der Waals surface area contributed by atoms with E-state index in [1.165, 1.54) is 7.05 Å². The van der Waals surface area contributed by atoms with Crippen LogP contribution in [0.3, 0.4) is 0 Å². The van der Waals surface area contributed by atoms with Crippen molar-refractivity contribution in [3.05, 3.63) is 0 Å². The molecule has 1 aliphatic rings. The van der Waals surface area contributed by atoms with Gasteiger partial charge in [-0.25, -0.2) is 4.79 Å². The summed E-state index contributed by atoms with van der Waals surface area (Å²) in [7, 11) is 3.44. The highest BCUT2D eigenvalue weighted by Gasteiger charge is 2.21. The fourth-order valence-corrected chi connectivity index (χ4v) is 1.78. The van der Waals surface area contributed by atoms with Crippen LogP contribution in [-0.4, -0.2) is 56.6 Å². The summed E-state index contributed by atoms with van der Waals surface area (Å²) in [4.78, 5) is 24.4. The predicted octanol–water partition coefficient (Wildman–Crippen LogP) is -0.452. The van der Waals surface area contributed by atoms with Crippen LogP contribution < -0.4 is 16.0 Å². The maximum atomic E-state index is 11.3. The minimum absolute atomic E-state index is 0. The molecule has 0 aliphatic carbocycles. The summed E-state index contributed by atoms with van der Waals surface area (Å²) in [5.41, 5.74) is 0. The Morgan fingerprint density at radius 3 is 2.59 bits per heavy atom. The lowest BCUT2D eigenvalue weighted by atomic mass is 10.3. The van der Waals surface area contributed by atoms with Crippen molar-refractivity contribution in [1.82, 2.24) is 20.9 Å². The maximum Gasteiger partial charge on any atom is 0.321 e. The number of amides is 3. The molecule has 1 heterocycles. The molecular weight excluding hydrogens is 244 g/mol. The Morgan fingerprint density at radius 2 is 2.06 bits per heavy atom. The summed E-state index contributed by atoms with van der Waals surface area (Å²) in [6, 6.07) is 0.0847. The topological polar surface area (TPSA) is 73.5 Å². The molecule has 0 saturated carbocycles. The number of nitrogens with one attached hydrogen (secondary N) is 3. The molecular formula is C10H21ClN4O2. The Morgan fingerprint density at radius 1 is 1.35 bits per heavy atom. The second-order valence-corrected chi connectivity index (χ2v) is 3.95. The number of nitrogens with zero attached hydrogens (tertiary/aromatic N) is 1. The summed E-state index contributed by atoms with van der Waals surface area (Å²) in [6.45, 7) is 2.70. The second-order valence-electron chi connectivity index (χ2n) is 3.95. The van der Waals surface area contributed by atoms with Gasteiger partial charge < -0.3 is 15.5 Å². The average molecular weight is 265 g/mol. The van der Waals surface area contributed by atoms with Gasteiger partial charge in [-0.05, 0) is 20.0 Å². The molecule has 1 saturated heterocycles. The van der Waals surface area contributed by atoms with Gasteiger partial charge in [0.25, 0.3) is 0 Å². The maximum absolute atomic E-state index is 11.3. The molecule has 7 heteroatoms. The van der Waals surface area contributed by atoms with Gasteiger partial charge in [-0.3, -0.25) is 10.1 Å².